The van der Waals surface area contributed by atoms with Gasteiger partial charge in [-0.05, 0) is 32.3 Å². The molecule has 1 aromatic carbocycles. The minimum absolute atomic E-state index is 0.0889. The summed E-state index contributed by atoms with van der Waals surface area (Å²) in [5.41, 5.74) is 3.67. The summed E-state index contributed by atoms with van der Waals surface area (Å²) in [6, 6.07) is 7.69. The number of carbonyl (C=O) groups is 2. The maximum Gasteiger partial charge on any atom is 0.336 e. The third kappa shape index (κ3) is 3.77. The number of ether oxygens (including phenoxy) is 2. The van der Waals surface area contributed by atoms with Gasteiger partial charge in [0.25, 0.3) is 0 Å². The SMILES string of the molecule is CCCCOc1ccccc1[C@@H]1C(C(=O)OC)=C(C)NC2=C1C(=O)CCC2. The second kappa shape index (κ2) is 8.42. The predicted octanol–water partition coefficient (Wildman–Crippen LogP) is 4.01. The Kier molecular flexibility index (Phi) is 5.99. The summed E-state index contributed by atoms with van der Waals surface area (Å²) < 4.78 is 11.1. The van der Waals surface area contributed by atoms with Crippen LogP contribution in [0.5, 0.6) is 5.75 Å². The lowest BCUT2D eigenvalue weighted by atomic mass is 9.75. The number of ketones is 1. The summed E-state index contributed by atoms with van der Waals surface area (Å²) >= 11 is 0. The molecule has 1 N–H and O–H groups in total. The Morgan fingerprint density at radius 1 is 1.26 bits per heavy atom. The third-order valence-corrected chi connectivity index (χ3v) is 5.17. The lowest BCUT2D eigenvalue weighted by molar-refractivity contribution is -0.136. The molecule has 0 saturated carbocycles. The maximum atomic E-state index is 12.8. The van der Waals surface area contributed by atoms with Gasteiger partial charge in [0.2, 0.25) is 0 Å². The number of rotatable bonds is 6. The highest BCUT2D eigenvalue weighted by molar-refractivity contribution is 6.03. The van der Waals surface area contributed by atoms with Gasteiger partial charge in [-0.1, -0.05) is 31.5 Å². The van der Waals surface area contributed by atoms with Crippen LogP contribution in [-0.4, -0.2) is 25.5 Å². The zero-order valence-electron chi connectivity index (χ0n) is 16.3. The molecule has 0 amide bonds. The number of methoxy groups -OCH3 is 1. The second-order valence-corrected chi connectivity index (χ2v) is 7.00. The van der Waals surface area contributed by atoms with E-state index in [1.165, 1.54) is 7.11 Å². The molecule has 3 rings (SSSR count). The molecule has 1 aliphatic carbocycles. The summed E-state index contributed by atoms with van der Waals surface area (Å²) in [6.07, 6.45) is 4.13. The molecule has 0 saturated heterocycles. The highest BCUT2D eigenvalue weighted by Gasteiger charge is 2.40. The van der Waals surface area contributed by atoms with Crippen LogP contribution in [-0.2, 0) is 14.3 Å². The molecule has 0 bridgehead atoms. The van der Waals surface area contributed by atoms with Gasteiger partial charge in [0.15, 0.2) is 5.78 Å². The molecule has 27 heavy (non-hydrogen) atoms. The van der Waals surface area contributed by atoms with E-state index in [4.69, 9.17) is 9.47 Å². The van der Waals surface area contributed by atoms with E-state index in [2.05, 4.69) is 12.2 Å². The number of Topliss-reactive ketones (excluding diaryl/α,β-unsaturated/α-hetero) is 1. The first-order valence-electron chi connectivity index (χ1n) is 9.62. The van der Waals surface area contributed by atoms with Crippen molar-refractivity contribution in [1.82, 2.24) is 5.32 Å². The van der Waals surface area contributed by atoms with Crippen molar-refractivity contribution in [2.75, 3.05) is 13.7 Å². The molecule has 0 radical (unpaired) electrons. The van der Waals surface area contributed by atoms with Crippen molar-refractivity contribution in [1.29, 1.82) is 0 Å². The number of hydrogen-bond donors (Lipinski definition) is 1. The number of unbranched alkanes of at least 4 members (excludes halogenated alkanes) is 1. The third-order valence-electron chi connectivity index (χ3n) is 5.17. The minimum atomic E-state index is -0.459. The van der Waals surface area contributed by atoms with E-state index in [1.54, 1.807) is 0 Å². The lowest BCUT2D eigenvalue weighted by Crippen LogP contribution is -2.34. The Morgan fingerprint density at radius 2 is 2.04 bits per heavy atom. The Labute approximate surface area is 160 Å². The summed E-state index contributed by atoms with van der Waals surface area (Å²) in [7, 11) is 1.37. The van der Waals surface area contributed by atoms with E-state index >= 15 is 0 Å². The largest absolute Gasteiger partial charge is 0.493 e. The summed E-state index contributed by atoms with van der Waals surface area (Å²) in [6.45, 7) is 4.58. The van der Waals surface area contributed by atoms with Gasteiger partial charge in [-0.3, -0.25) is 4.79 Å². The van der Waals surface area contributed by atoms with Crippen molar-refractivity contribution in [3.05, 3.63) is 52.4 Å². The Balaban J connectivity index is 2.13. The number of carbonyl (C=O) groups excluding carboxylic acids is 2. The zero-order valence-corrected chi connectivity index (χ0v) is 16.3. The van der Waals surface area contributed by atoms with E-state index in [9.17, 15) is 9.59 Å². The number of hydrogen-bond acceptors (Lipinski definition) is 5. The molecule has 0 aromatic heterocycles. The first-order valence-corrected chi connectivity index (χ1v) is 9.62. The predicted molar refractivity (Wildman–Crippen MR) is 103 cm³/mol. The fourth-order valence-electron chi connectivity index (χ4n) is 3.85. The number of para-hydroxylation sites is 1. The topological polar surface area (TPSA) is 64.6 Å². The molecule has 1 aromatic rings. The van der Waals surface area contributed by atoms with Crippen LogP contribution in [0.2, 0.25) is 0 Å². The van der Waals surface area contributed by atoms with Crippen LogP contribution in [0.15, 0.2) is 46.8 Å². The molecule has 1 aliphatic heterocycles. The molecule has 1 heterocycles. The molecule has 144 valence electrons. The normalized spacial score (nSPS) is 19.5. The molecule has 5 heteroatoms. The van der Waals surface area contributed by atoms with Crippen molar-refractivity contribution < 1.29 is 19.1 Å². The molecule has 5 nitrogen and oxygen atoms in total. The van der Waals surface area contributed by atoms with Crippen molar-refractivity contribution >= 4 is 11.8 Å². The van der Waals surface area contributed by atoms with Crippen molar-refractivity contribution in [3.8, 4) is 5.75 Å². The molecule has 0 unspecified atom stereocenters. The average molecular weight is 369 g/mol. The highest BCUT2D eigenvalue weighted by atomic mass is 16.5. The van der Waals surface area contributed by atoms with Crippen molar-refractivity contribution in [2.45, 2.75) is 51.9 Å². The van der Waals surface area contributed by atoms with Crippen LogP contribution in [0.1, 0.15) is 57.4 Å². The van der Waals surface area contributed by atoms with Crippen LogP contribution >= 0.6 is 0 Å². The van der Waals surface area contributed by atoms with E-state index in [0.29, 0.717) is 24.2 Å². The minimum Gasteiger partial charge on any atom is -0.493 e. The number of nitrogens with one attached hydrogen (secondary N) is 1. The van der Waals surface area contributed by atoms with Gasteiger partial charge in [0.05, 0.1) is 25.2 Å². The standard InChI is InChI=1S/C22H27NO4/c1-4-5-13-27-18-12-7-6-9-15(18)20-19(22(25)26-3)14(2)23-16-10-8-11-17(24)21(16)20/h6-7,9,12,20,23H,4-5,8,10-11,13H2,1-3H3/t20-/m1/s1. The fraction of sp³-hybridized carbons (Fsp3) is 0.455. The van der Waals surface area contributed by atoms with Crippen LogP contribution in [0.4, 0.5) is 0 Å². The molecule has 1 atom stereocenters. The van der Waals surface area contributed by atoms with Gasteiger partial charge in [-0.2, -0.15) is 0 Å². The molecular weight excluding hydrogens is 342 g/mol. The molecule has 2 aliphatic rings. The number of esters is 1. The quantitative estimate of drug-likeness (QED) is 0.606. The van der Waals surface area contributed by atoms with Crippen LogP contribution in [0.3, 0.4) is 0 Å². The average Bonchev–Trinajstić information content (AvgIpc) is 2.67. The van der Waals surface area contributed by atoms with Gasteiger partial charge in [-0.15, -0.1) is 0 Å². The fourth-order valence-corrected chi connectivity index (χ4v) is 3.85. The maximum absolute atomic E-state index is 12.8. The summed E-state index contributed by atoms with van der Waals surface area (Å²) in [4.78, 5) is 25.5. The van der Waals surface area contributed by atoms with Gasteiger partial charge in [0, 0.05) is 29.0 Å². The first-order chi connectivity index (χ1) is 13.1. The van der Waals surface area contributed by atoms with Gasteiger partial charge >= 0.3 is 5.97 Å². The Hall–Kier alpha value is -2.56. The van der Waals surface area contributed by atoms with Crippen molar-refractivity contribution in [2.24, 2.45) is 0 Å². The molecular formula is C22H27NO4. The van der Waals surface area contributed by atoms with E-state index in [-0.39, 0.29) is 5.78 Å². The van der Waals surface area contributed by atoms with E-state index in [0.717, 1.165) is 48.4 Å². The Bertz CT molecular complexity index is 806. The second-order valence-electron chi connectivity index (χ2n) is 7.00. The van der Waals surface area contributed by atoms with E-state index in [1.807, 2.05) is 31.2 Å². The van der Waals surface area contributed by atoms with Gasteiger partial charge in [0.1, 0.15) is 5.75 Å². The summed E-state index contributed by atoms with van der Waals surface area (Å²) in [5.74, 6) is -0.0686. The monoisotopic (exact) mass is 369 g/mol. The molecule has 0 fully saturated rings. The number of allylic oxidation sites excluding steroid dienone is 3. The van der Waals surface area contributed by atoms with E-state index < -0.39 is 11.9 Å². The lowest BCUT2D eigenvalue weighted by Gasteiger charge is -2.34. The highest BCUT2D eigenvalue weighted by Crippen LogP contribution is 2.45. The zero-order chi connectivity index (χ0) is 19.4. The van der Waals surface area contributed by atoms with Crippen LogP contribution in [0, 0.1) is 0 Å². The smallest absolute Gasteiger partial charge is 0.336 e. The summed E-state index contributed by atoms with van der Waals surface area (Å²) in [5, 5.41) is 3.28. The number of benzene rings is 1. The van der Waals surface area contributed by atoms with Crippen LogP contribution in [0.25, 0.3) is 0 Å². The van der Waals surface area contributed by atoms with Crippen LogP contribution < -0.4 is 10.1 Å². The van der Waals surface area contributed by atoms with Gasteiger partial charge < -0.3 is 14.8 Å². The number of dihydropyridines is 1. The van der Waals surface area contributed by atoms with Gasteiger partial charge in [-0.25, -0.2) is 4.79 Å². The molecule has 0 spiro atoms. The Morgan fingerprint density at radius 3 is 2.78 bits per heavy atom. The first kappa shape index (κ1) is 19.2. The van der Waals surface area contributed by atoms with Crippen molar-refractivity contribution in [3.63, 3.8) is 0 Å².